The van der Waals surface area contributed by atoms with Crippen molar-refractivity contribution in [3.05, 3.63) is 0 Å². The third kappa shape index (κ3) is 5.36. The Hall–Kier alpha value is -0.120. The number of hydrogen-bond donors (Lipinski definition) is 1. The van der Waals surface area contributed by atoms with E-state index in [4.69, 9.17) is 0 Å². The van der Waals surface area contributed by atoms with E-state index in [9.17, 15) is 0 Å². The first-order valence-electron chi connectivity index (χ1n) is 7.03. The van der Waals surface area contributed by atoms with E-state index in [1.165, 1.54) is 32.7 Å². The summed E-state index contributed by atoms with van der Waals surface area (Å²) in [5.41, 5.74) is 0.405. The van der Waals surface area contributed by atoms with Gasteiger partial charge in [-0.05, 0) is 18.4 Å². The summed E-state index contributed by atoms with van der Waals surface area (Å²) in [6.07, 6.45) is 0. The molecule has 0 unspecified atom stereocenters. The molecular weight excluding hydrogens is 210 g/mol. The molecule has 0 aromatic rings. The zero-order valence-corrected chi connectivity index (χ0v) is 12.4. The van der Waals surface area contributed by atoms with Gasteiger partial charge >= 0.3 is 0 Å². The first-order chi connectivity index (χ1) is 7.92. The van der Waals surface area contributed by atoms with Gasteiger partial charge < -0.3 is 10.2 Å². The second kappa shape index (κ2) is 6.72. The lowest BCUT2D eigenvalue weighted by Gasteiger charge is -2.33. The van der Waals surface area contributed by atoms with Gasteiger partial charge in [0.05, 0.1) is 0 Å². The largest absolute Gasteiger partial charge is 0.315 e. The van der Waals surface area contributed by atoms with E-state index in [0.29, 0.717) is 5.41 Å². The fourth-order valence-corrected chi connectivity index (χ4v) is 1.92. The summed E-state index contributed by atoms with van der Waals surface area (Å²) in [5.74, 6) is 0.735. The van der Waals surface area contributed by atoms with Crippen LogP contribution >= 0.6 is 0 Å². The summed E-state index contributed by atoms with van der Waals surface area (Å²) < 4.78 is 0. The maximum Gasteiger partial charge on any atom is 0.0110 e. The summed E-state index contributed by atoms with van der Waals surface area (Å²) in [6.45, 7) is 17.7. The molecule has 1 heterocycles. The number of piperazine rings is 1. The highest BCUT2D eigenvalue weighted by Gasteiger charge is 2.21. The van der Waals surface area contributed by atoms with Crippen molar-refractivity contribution in [2.24, 2.45) is 11.3 Å². The molecule has 3 nitrogen and oxygen atoms in total. The Morgan fingerprint density at radius 1 is 1.12 bits per heavy atom. The predicted molar refractivity (Wildman–Crippen MR) is 75.4 cm³/mol. The average Bonchev–Trinajstić information content (AvgIpc) is 2.26. The molecule has 1 saturated heterocycles. The van der Waals surface area contributed by atoms with Crippen molar-refractivity contribution in [2.75, 3.05) is 52.9 Å². The average molecular weight is 241 g/mol. The summed E-state index contributed by atoms with van der Waals surface area (Å²) >= 11 is 0. The number of nitrogens with one attached hydrogen (secondary N) is 1. The molecule has 0 saturated carbocycles. The van der Waals surface area contributed by atoms with Gasteiger partial charge in [-0.2, -0.15) is 0 Å². The molecule has 0 bridgehead atoms. The molecule has 0 atom stereocenters. The molecule has 1 fully saturated rings. The smallest absolute Gasteiger partial charge is 0.0110 e. The minimum atomic E-state index is 0.405. The molecular formula is C14H31N3. The summed E-state index contributed by atoms with van der Waals surface area (Å²) in [4.78, 5) is 4.97. The van der Waals surface area contributed by atoms with E-state index in [1.807, 2.05) is 0 Å². The molecule has 17 heavy (non-hydrogen) atoms. The van der Waals surface area contributed by atoms with Crippen LogP contribution in [0.15, 0.2) is 0 Å². The van der Waals surface area contributed by atoms with Gasteiger partial charge in [0.2, 0.25) is 0 Å². The van der Waals surface area contributed by atoms with Gasteiger partial charge in [-0.15, -0.1) is 0 Å². The van der Waals surface area contributed by atoms with Crippen LogP contribution in [0.5, 0.6) is 0 Å². The van der Waals surface area contributed by atoms with Crippen molar-refractivity contribution in [3.8, 4) is 0 Å². The van der Waals surface area contributed by atoms with Crippen LogP contribution < -0.4 is 5.32 Å². The lowest BCUT2D eigenvalue weighted by Crippen LogP contribution is -2.47. The van der Waals surface area contributed by atoms with Crippen LogP contribution in [0.1, 0.15) is 27.7 Å². The number of likely N-dealkylation sites (N-methyl/N-ethyl adjacent to an activating group) is 1. The van der Waals surface area contributed by atoms with E-state index in [1.54, 1.807) is 0 Å². The second-order valence-electron chi connectivity index (χ2n) is 6.46. The minimum absolute atomic E-state index is 0.405. The van der Waals surface area contributed by atoms with Crippen LogP contribution in [0.4, 0.5) is 0 Å². The molecule has 0 aromatic carbocycles. The van der Waals surface area contributed by atoms with Crippen molar-refractivity contribution in [3.63, 3.8) is 0 Å². The molecule has 0 amide bonds. The van der Waals surface area contributed by atoms with Crippen LogP contribution in [-0.2, 0) is 0 Å². The lowest BCUT2D eigenvalue weighted by molar-refractivity contribution is 0.151. The predicted octanol–water partition coefficient (Wildman–Crippen LogP) is 1.51. The molecule has 0 radical (unpaired) electrons. The Kier molecular flexibility index (Phi) is 5.90. The van der Waals surface area contributed by atoms with Gasteiger partial charge in [0.25, 0.3) is 0 Å². The molecule has 1 N–H and O–H groups in total. The Bertz CT molecular complexity index is 206. The van der Waals surface area contributed by atoms with Crippen LogP contribution in [0.2, 0.25) is 0 Å². The Morgan fingerprint density at radius 3 is 2.24 bits per heavy atom. The Labute approximate surface area is 108 Å². The van der Waals surface area contributed by atoms with Gasteiger partial charge in [-0.3, -0.25) is 4.90 Å². The van der Waals surface area contributed by atoms with Gasteiger partial charge in [0.1, 0.15) is 0 Å². The Balaban J connectivity index is 2.08. The second-order valence-corrected chi connectivity index (χ2v) is 6.46. The van der Waals surface area contributed by atoms with Gasteiger partial charge in [0, 0.05) is 45.8 Å². The zero-order valence-electron chi connectivity index (χ0n) is 12.4. The van der Waals surface area contributed by atoms with Crippen LogP contribution in [0.3, 0.4) is 0 Å². The summed E-state index contributed by atoms with van der Waals surface area (Å²) in [7, 11) is 2.21. The van der Waals surface area contributed by atoms with Crippen LogP contribution in [0.25, 0.3) is 0 Å². The number of rotatable bonds is 6. The fraction of sp³-hybridized carbons (Fsp3) is 1.00. The van der Waals surface area contributed by atoms with E-state index < -0.39 is 0 Å². The monoisotopic (exact) mass is 241 g/mol. The summed E-state index contributed by atoms with van der Waals surface area (Å²) in [6, 6.07) is 0. The highest BCUT2D eigenvalue weighted by molar-refractivity contribution is 4.76. The maximum atomic E-state index is 3.61. The molecule has 1 aliphatic rings. The van der Waals surface area contributed by atoms with E-state index in [-0.39, 0.29) is 0 Å². The normalized spacial score (nSPS) is 20.1. The molecule has 1 rings (SSSR count). The third-order valence-electron chi connectivity index (χ3n) is 4.34. The first-order valence-corrected chi connectivity index (χ1v) is 7.03. The van der Waals surface area contributed by atoms with Crippen molar-refractivity contribution in [2.45, 2.75) is 27.7 Å². The van der Waals surface area contributed by atoms with Crippen molar-refractivity contribution >= 4 is 0 Å². The highest BCUT2D eigenvalue weighted by atomic mass is 15.2. The Morgan fingerprint density at radius 2 is 1.71 bits per heavy atom. The van der Waals surface area contributed by atoms with Gasteiger partial charge in [0.15, 0.2) is 0 Å². The van der Waals surface area contributed by atoms with Crippen molar-refractivity contribution < 1.29 is 0 Å². The molecule has 102 valence electrons. The van der Waals surface area contributed by atoms with Crippen molar-refractivity contribution in [1.82, 2.24) is 15.1 Å². The standard InChI is InChI=1S/C14H31N3/c1-13(2)14(3,4)12-15-6-7-17-10-8-16(5)9-11-17/h13,15H,6-12H2,1-5H3. The summed E-state index contributed by atoms with van der Waals surface area (Å²) in [5, 5.41) is 3.61. The van der Waals surface area contributed by atoms with Gasteiger partial charge in [-0.1, -0.05) is 27.7 Å². The zero-order chi connectivity index (χ0) is 12.9. The van der Waals surface area contributed by atoms with E-state index in [0.717, 1.165) is 19.0 Å². The molecule has 1 aliphatic heterocycles. The highest BCUT2D eigenvalue weighted by Crippen LogP contribution is 2.24. The van der Waals surface area contributed by atoms with Crippen molar-refractivity contribution in [1.29, 1.82) is 0 Å². The van der Waals surface area contributed by atoms with E-state index in [2.05, 4.69) is 49.9 Å². The molecule has 0 aliphatic carbocycles. The number of nitrogens with zero attached hydrogens (tertiary/aromatic N) is 2. The minimum Gasteiger partial charge on any atom is -0.315 e. The molecule has 0 spiro atoms. The maximum absolute atomic E-state index is 3.61. The lowest BCUT2D eigenvalue weighted by atomic mass is 9.81. The third-order valence-corrected chi connectivity index (χ3v) is 4.34. The van der Waals surface area contributed by atoms with Crippen LogP contribution in [-0.4, -0.2) is 62.7 Å². The quantitative estimate of drug-likeness (QED) is 0.711. The topological polar surface area (TPSA) is 18.5 Å². The first kappa shape index (κ1) is 14.9. The molecule has 3 heteroatoms. The van der Waals surface area contributed by atoms with Crippen LogP contribution in [0, 0.1) is 11.3 Å². The number of hydrogen-bond acceptors (Lipinski definition) is 3. The SMILES string of the molecule is CC(C)C(C)(C)CNCCN1CCN(C)CC1. The fourth-order valence-electron chi connectivity index (χ4n) is 1.92. The van der Waals surface area contributed by atoms with Gasteiger partial charge in [-0.25, -0.2) is 0 Å². The molecule has 0 aromatic heterocycles. The van der Waals surface area contributed by atoms with E-state index >= 15 is 0 Å².